The molecule has 3 aromatic rings. The first-order chi connectivity index (χ1) is 9.19. The number of nitrogens with two attached hydrogens (primary N) is 1. The van der Waals surface area contributed by atoms with E-state index in [1.54, 1.807) is 11.3 Å². The van der Waals surface area contributed by atoms with Crippen LogP contribution < -0.4 is 5.73 Å². The number of fused-ring (bicyclic) bond motifs is 1. The van der Waals surface area contributed by atoms with Gasteiger partial charge in [0.15, 0.2) is 5.58 Å². The number of furan rings is 1. The predicted octanol–water partition coefficient (Wildman–Crippen LogP) is 4.76. The molecule has 19 heavy (non-hydrogen) atoms. The minimum atomic E-state index is -0.228. The van der Waals surface area contributed by atoms with Crippen molar-refractivity contribution in [3.8, 4) is 0 Å². The van der Waals surface area contributed by atoms with Crippen LogP contribution >= 0.6 is 22.9 Å². The Balaban J connectivity index is 2.01. The standard InChI is InChI=1S/C15H14ClNOS/c1-2-10-6-7-13(19-10)14(17)12-8-9-4-3-5-11(16)15(9)18-12/h3-8,14H,2,17H2,1H3. The van der Waals surface area contributed by atoms with E-state index in [2.05, 4.69) is 19.1 Å². The highest BCUT2D eigenvalue weighted by Crippen LogP contribution is 2.33. The number of rotatable bonds is 3. The largest absolute Gasteiger partial charge is 0.457 e. The van der Waals surface area contributed by atoms with Crippen LogP contribution in [-0.2, 0) is 6.42 Å². The molecule has 2 aromatic heterocycles. The summed E-state index contributed by atoms with van der Waals surface area (Å²) in [6.07, 6.45) is 1.03. The summed E-state index contributed by atoms with van der Waals surface area (Å²) >= 11 is 7.85. The van der Waals surface area contributed by atoms with E-state index < -0.39 is 0 Å². The molecule has 1 aromatic carbocycles. The molecule has 0 bridgehead atoms. The van der Waals surface area contributed by atoms with Crippen LogP contribution in [0, 0.1) is 0 Å². The van der Waals surface area contributed by atoms with Gasteiger partial charge in [0.1, 0.15) is 5.76 Å². The predicted molar refractivity (Wildman–Crippen MR) is 81.0 cm³/mol. The van der Waals surface area contributed by atoms with Crippen molar-refractivity contribution in [2.24, 2.45) is 5.73 Å². The van der Waals surface area contributed by atoms with Crippen molar-refractivity contribution in [2.75, 3.05) is 0 Å². The molecule has 98 valence electrons. The van der Waals surface area contributed by atoms with E-state index in [4.69, 9.17) is 21.8 Å². The summed E-state index contributed by atoms with van der Waals surface area (Å²) in [6, 6.07) is 11.6. The lowest BCUT2D eigenvalue weighted by Gasteiger charge is -2.05. The number of hydrogen-bond acceptors (Lipinski definition) is 3. The molecule has 2 heterocycles. The Hall–Kier alpha value is -1.29. The molecule has 0 aliphatic rings. The van der Waals surface area contributed by atoms with Crippen LogP contribution in [0.15, 0.2) is 40.8 Å². The third-order valence-corrected chi connectivity index (χ3v) is 4.77. The Morgan fingerprint density at radius 3 is 2.84 bits per heavy atom. The van der Waals surface area contributed by atoms with E-state index in [0.29, 0.717) is 10.6 Å². The fraction of sp³-hybridized carbons (Fsp3) is 0.200. The van der Waals surface area contributed by atoms with E-state index in [1.165, 1.54) is 4.88 Å². The van der Waals surface area contributed by atoms with E-state index in [-0.39, 0.29) is 6.04 Å². The molecule has 0 aliphatic carbocycles. The molecular weight excluding hydrogens is 278 g/mol. The van der Waals surface area contributed by atoms with Crippen molar-refractivity contribution in [3.05, 3.63) is 56.9 Å². The lowest BCUT2D eigenvalue weighted by atomic mass is 10.2. The van der Waals surface area contributed by atoms with Crippen LogP contribution in [0.2, 0.25) is 5.02 Å². The Kier molecular flexibility index (Phi) is 3.35. The van der Waals surface area contributed by atoms with Crippen LogP contribution in [0.5, 0.6) is 0 Å². The van der Waals surface area contributed by atoms with Gasteiger partial charge < -0.3 is 10.2 Å². The normalized spacial score (nSPS) is 13.0. The van der Waals surface area contributed by atoms with Gasteiger partial charge in [0, 0.05) is 15.1 Å². The topological polar surface area (TPSA) is 39.2 Å². The Labute approximate surface area is 120 Å². The second-order valence-electron chi connectivity index (χ2n) is 4.44. The number of halogens is 1. The summed E-state index contributed by atoms with van der Waals surface area (Å²) in [5.74, 6) is 0.757. The summed E-state index contributed by atoms with van der Waals surface area (Å²) in [5, 5.41) is 1.61. The number of thiophene rings is 1. The zero-order chi connectivity index (χ0) is 13.4. The van der Waals surface area contributed by atoms with Crippen LogP contribution in [0.3, 0.4) is 0 Å². The van der Waals surface area contributed by atoms with Crippen LogP contribution in [0.1, 0.15) is 28.5 Å². The van der Waals surface area contributed by atoms with E-state index in [9.17, 15) is 0 Å². The summed E-state index contributed by atoms with van der Waals surface area (Å²) < 4.78 is 5.81. The van der Waals surface area contributed by atoms with Crippen LogP contribution in [0.4, 0.5) is 0 Å². The molecule has 2 nitrogen and oxygen atoms in total. The average molecular weight is 292 g/mol. The fourth-order valence-corrected chi connectivity index (χ4v) is 3.28. The van der Waals surface area contributed by atoms with Crippen molar-refractivity contribution >= 4 is 33.9 Å². The molecule has 0 aliphatic heterocycles. The van der Waals surface area contributed by atoms with Crippen LogP contribution in [0.25, 0.3) is 11.0 Å². The molecular formula is C15H14ClNOS. The van der Waals surface area contributed by atoms with Gasteiger partial charge in [-0.25, -0.2) is 0 Å². The molecule has 0 spiro atoms. The summed E-state index contributed by atoms with van der Waals surface area (Å²) in [5.41, 5.74) is 6.98. The third kappa shape index (κ3) is 2.29. The van der Waals surface area contributed by atoms with E-state index in [1.807, 2.05) is 24.3 Å². The second-order valence-corrected chi connectivity index (χ2v) is 6.05. The lowest BCUT2D eigenvalue weighted by Crippen LogP contribution is -2.08. The quantitative estimate of drug-likeness (QED) is 0.756. The van der Waals surface area contributed by atoms with E-state index >= 15 is 0 Å². The highest BCUT2D eigenvalue weighted by atomic mass is 35.5. The van der Waals surface area contributed by atoms with Crippen molar-refractivity contribution in [1.82, 2.24) is 0 Å². The van der Waals surface area contributed by atoms with Crippen molar-refractivity contribution in [2.45, 2.75) is 19.4 Å². The molecule has 0 radical (unpaired) electrons. The van der Waals surface area contributed by atoms with Gasteiger partial charge in [0.05, 0.1) is 11.1 Å². The average Bonchev–Trinajstić information content (AvgIpc) is 3.05. The maximum Gasteiger partial charge on any atom is 0.152 e. The van der Waals surface area contributed by atoms with Gasteiger partial charge in [-0.2, -0.15) is 0 Å². The molecule has 3 rings (SSSR count). The van der Waals surface area contributed by atoms with Gasteiger partial charge in [0.25, 0.3) is 0 Å². The first-order valence-corrected chi connectivity index (χ1v) is 7.40. The lowest BCUT2D eigenvalue weighted by molar-refractivity contribution is 0.528. The maximum absolute atomic E-state index is 6.27. The molecule has 0 saturated carbocycles. The molecule has 4 heteroatoms. The Morgan fingerprint density at radius 1 is 1.32 bits per heavy atom. The number of para-hydroxylation sites is 1. The monoisotopic (exact) mass is 291 g/mol. The minimum Gasteiger partial charge on any atom is -0.457 e. The highest BCUT2D eigenvalue weighted by Gasteiger charge is 2.17. The maximum atomic E-state index is 6.27. The van der Waals surface area contributed by atoms with Crippen LogP contribution in [-0.4, -0.2) is 0 Å². The zero-order valence-corrected chi connectivity index (χ0v) is 12.1. The third-order valence-electron chi connectivity index (χ3n) is 3.16. The minimum absolute atomic E-state index is 0.228. The van der Waals surface area contributed by atoms with Crippen molar-refractivity contribution < 1.29 is 4.42 Å². The first-order valence-electron chi connectivity index (χ1n) is 6.21. The fourth-order valence-electron chi connectivity index (χ4n) is 2.09. The summed E-state index contributed by atoms with van der Waals surface area (Å²) in [6.45, 7) is 2.14. The van der Waals surface area contributed by atoms with Gasteiger partial charge in [-0.3, -0.25) is 0 Å². The Morgan fingerprint density at radius 2 is 2.16 bits per heavy atom. The summed E-state index contributed by atoms with van der Waals surface area (Å²) in [4.78, 5) is 2.45. The van der Waals surface area contributed by atoms with Gasteiger partial charge >= 0.3 is 0 Å². The number of aryl methyl sites for hydroxylation is 1. The summed E-state index contributed by atoms with van der Waals surface area (Å²) in [7, 11) is 0. The van der Waals surface area contributed by atoms with E-state index in [0.717, 1.165) is 22.4 Å². The SMILES string of the molecule is CCc1ccc(C(N)c2cc3cccc(Cl)c3o2)s1. The van der Waals surface area contributed by atoms with Gasteiger partial charge in [-0.1, -0.05) is 30.7 Å². The molecule has 1 atom stereocenters. The molecule has 0 saturated heterocycles. The molecule has 2 N–H and O–H groups in total. The number of benzene rings is 1. The number of hydrogen-bond donors (Lipinski definition) is 1. The van der Waals surface area contributed by atoms with Gasteiger partial charge in [-0.05, 0) is 30.7 Å². The van der Waals surface area contributed by atoms with Crippen molar-refractivity contribution in [1.29, 1.82) is 0 Å². The van der Waals surface area contributed by atoms with Gasteiger partial charge in [0.2, 0.25) is 0 Å². The van der Waals surface area contributed by atoms with Gasteiger partial charge in [-0.15, -0.1) is 11.3 Å². The molecule has 0 amide bonds. The smallest absolute Gasteiger partial charge is 0.152 e. The Bertz CT molecular complexity index is 716. The highest BCUT2D eigenvalue weighted by molar-refractivity contribution is 7.12. The first kappa shape index (κ1) is 12.7. The second kappa shape index (κ2) is 5.00. The molecule has 1 unspecified atom stereocenters. The molecule has 0 fully saturated rings. The van der Waals surface area contributed by atoms with Crippen molar-refractivity contribution in [3.63, 3.8) is 0 Å². The zero-order valence-electron chi connectivity index (χ0n) is 10.5.